The number of aryl methyl sites for hydroxylation is 2. The largest absolute Gasteiger partial charge is 0.394 e. The third-order valence-electron chi connectivity index (χ3n) is 3.22. The molecular weight excluding hydrogens is 393 g/mol. The van der Waals surface area contributed by atoms with Crippen molar-refractivity contribution in [2.45, 2.75) is 33.1 Å². The van der Waals surface area contributed by atoms with Crippen LogP contribution in [0.4, 0.5) is 5.69 Å². The van der Waals surface area contributed by atoms with E-state index in [1.165, 1.54) is 11.1 Å². The first kappa shape index (κ1) is 21.1. The average Bonchev–Trinajstić information content (AvgIpc) is 2.51. The molecule has 6 heteroatoms. The molecule has 22 heavy (non-hydrogen) atoms. The van der Waals surface area contributed by atoms with Gasteiger partial charge in [0.2, 0.25) is 0 Å². The van der Waals surface area contributed by atoms with Gasteiger partial charge in [-0.1, -0.05) is 32.0 Å². The summed E-state index contributed by atoms with van der Waals surface area (Å²) in [6.45, 7) is 5.89. The van der Waals surface area contributed by atoms with Crippen LogP contribution in [0.2, 0.25) is 0 Å². The van der Waals surface area contributed by atoms with Gasteiger partial charge in [0.15, 0.2) is 5.96 Å². The number of hydrogen-bond acceptors (Lipinski definition) is 3. The quantitative estimate of drug-likeness (QED) is 0.248. The van der Waals surface area contributed by atoms with Gasteiger partial charge in [-0.3, -0.25) is 4.99 Å². The molecule has 0 aromatic heterocycles. The molecule has 0 spiro atoms. The van der Waals surface area contributed by atoms with Crippen LogP contribution in [0.1, 0.15) is 31.4 Å². The molecule has 0 heterocycles. The van der Waals surface area contributed by atoms with Crippen molar-refractivity contribution in [2.75, 3.05) is 31.7 Å². The van der Waals surface area contributed by atoms with Crippen LogP contribution >= 0.6 is 24.0 Å². The Morgan fingerprint density at radius 2 is 1.86 bits per heavy atom. The van der Waals surface area contributed by atoms with E-state index in [0.717, 1.165) is 24.9 Å². The highest BCUT2D eigenvalue weighted by atomic mass is 127. The Labute approximate surface area is 150 Å². The summed E-state index contributed by atoms with van der Waals surface area (Å²) < 4.78 is 5.18. The molecule has 126 valence electrons. The first-order valence-electron chi connectivity index (χ1n) is 7.59. The third-order valence-corrected chi connectivity index (χ3v) is 3.22. The normalized spacial score (nSPS) is 11.1. The number of guanidine groups is 1. The lowest BCUT2D eigenvalue weighted by atomic mass is 10.0. The standard InChI is InChI=1S/C16H27N3O2.HI/c1-3-13-7-5-8-14(4-2)15(13)19-16(17)18-9-6-11-21-12-10-20;/h5,7-8,20H,3-4,6,9-12H2,1-2H3,(H3,17,18,19);1H. The van der Waals surface area contributed by atoms with E-state index in [1.54, 1.807) is 0 Å². The summed E-state index contributed by atoms with van der Waals surface area (Å²) >= 11 is 0. The Morgan fingerprint density at radius 1 is 1.23 bits per heavy atom. The zero-order chi connectivity index (χ0) is 15.5. The second kappa shape index (κ2) is 12.7. The van der Waals surface area contributed by atoms with Gasteiger partial charge in [0.05, 0.1) is 13.2 Å². The molecule has 1 rings (SSSR count). The molecule has 0 bridgehead atoms. The number of hydrogen-bond donors (Lipinski definition) is 3. The van der Waals surface area contributed by atoms with Gasteiger partial charge in [0.25, 0.3) is 0 Å². The summed E-state index contributed by atoms with van der Waals surface area (Å²) in [5.74, 6) is 0.438. The van der Waals surface area contributed by atoms with Crippen LogP contribution in [0, 0.1) is 0 Å². The van der Waals surface area contributed by atoms with Crippen molar-refractivity contribution in [1.82, 2.24) is 0 Å². The lowest BCUT2D eigenvalue weighted by molar-refractivity contribution is 0.0918. The number of aliphatic imine (C=N–C) groups is 1. The van der Waals surface area contributed by atoms with Gasteiger partial charge in [0.1, 0.15) is 0 Å². The maximum Gasteiger partial charge on any atom is 0.193 e. The summed E-state index contributed by atoms with van der Waals surface area (Å²) in [4.78, 5) is 4.31. The van der Waals surface area contributed by atoms with E-state index in [9.17, 15) is 0 Å². The molecule has 0 aliphatic rings. The summed E-state index contributed by atoms with van der Waals surface area (Å²) in [5, 5.41) is 11.8. The zero-order valence-corrected chi connectivity index (χ0v) is 15.8. The molecule has 1 aromatic rings. The topological polar surface area (TPSA) is 79.9 Å². The van der Waals surface area contributed by atoms with Gasteiger partial charge in [-0.15, -0.1) is 24.0 Å². The van der Waals surface area contributed by atoms with Crippen LogP contribution in [0.15, 0.2) is 23.2 Å². The first-order chi connectivity index (χ1) is 10.2. The highest BCUT2D eigenvalue weighted by Crippen LogP contribution is 2.22. The fourth-order valence-corrected chi connectivity index (χ4v) is 2.10. The SMILES string of the molecule is CCc1cccc(CC)c1NC(N)=NCCCOCCO.I. The van der Waals surface area contributed by atoms with Gasteiger partial charge in [-0.25, -0.2) is 0 Å². The summed E-state index contributed by atoms with van der Waals surface area (Å²) in [6, 6.07) is 6.30. The van der Waals surface area contributed by atoms with Crippen LogP contribution in [-0.4, -0.2) is 37.4 Å². The number of halogens is 1. The number of benzene rings is 1. The van der Waals surface area contributed by atoms with Crippen molar-refractivity contribution in [2.24, 2.45) is 10.7 Å². The molecule has 0 aliphatic carbocycles. The average molecular weight is 421 g/mol. The molecule has 0 saturated carbocycles. The smallest absolute Gasteiger partial charge is 0.193 e. The van der Waals surface area contributed by atoms with Crippen LogP contribution in [-0.2, 0) is 17.6 Å². The minimum Gasteiger partial charge on any atom is -0.394 e. The van der Waals surface area contributed by atoms with E-state index < -0.39 is 0 Å². The molecule has 0 amide bonds. The Balaban J connectivity index is 0.00000441. The van der Waals surface area contributed by atoms with E-state index in [1.807, 2.05) is 0 Å². The molecule has 0 fully saturated rings. The number of ether oxygens (including phenoxy) is 1. The third kappa shape index (κ3) is 7.42. The van der Waals surface area contributed by atoms with Gasteiger partial charge in [-0.05, 0) is 30.4 Å². The second-order valence-electron chi connectivity index (χ2n) is 4.74. The van der Waals surface area contributed by atoms with Crippen molar-refractivity contribution in [3.05, 3.63) is 29.3 Å². The minimum absolute atomic E-state index is 0. The first-order valence-corrected chi connectivity index (χ1v) is 7.59. The van der Waals surface area contributed by atoms with Gasteiger partial charge in [-0.2, -0.15) is 0 Å². The molecule has 1 aromatic carbocycles. The van der Waals surface area contributed by atoms with Gasteiger partial charge >= 0.3 is 0 Å². The van der Waals surface area contributed by atoms with Crippen LogP contribution < -0.4 is 11.1 Å². The van der Waals surface area contributed by atoms with Crippen molar-refractivity contribution >= 4 is 35.6 Å². The molecule has 0 unspecified atom stereocenters. The van der Waals surface area contributed by atoms with Crippen LogP contribution in [0.25, 0.3) is 0 Å². The van der Waals surface area contributed by atoms with E-state index in [2.05, 4.69) is 42.4 Å². The van der Waals surface area contributed by atoms with E-state index in [0.29, 0.717) is 25.7 Å². The molecule has 0 atom stereocenters. The fourth-order valence-electron chi connectivity index (χ4n) is 2.10. The second-order valence-corrected chi connectivity index (χ2v) is 4.74. The maximum absolute atomic E-state index is 8.59. The molecule has 0 saturated heterocycles. The van der Waals surface area contributed by atoms with E-state index in [-0.39, 0.29) is 30.6 Å². The number of nitrogens with two attached hydrogens (primary N) is 1. The monoisotopic (exact) mass is 421 g/mol. The van der Waals surface area contributed by atoms with Crippen molar-refractivity contribution in [1.29, 1.82) is 0 Å². The van der Waals surface area contributed by atoms with E-state index >= 15 is 0 Å². The lowest BCUT2D eigenvalue weighted by Gasteiger charge is -2.14. The highest BCUT2D eigenvalue weighted by molar-refractivity contribution is 14.0. The Morgan fingerprint density at radius 3 is 2.41 bits per heavy atom. The highest BCUT2D eigenvalue weighted by Gasteiger charge is 2.06. The number of para-hydroxylation sites is 1. The molecule has 0 aliphatic heterocycles. The predicted molar refractivity (Wildman–Crippen MR) is 103 cm³/mol. The molecule has 0 radical (unpaired) electrons. The Bertz CT molecular complexity index is 431. The Hall–Kier alpha value is -0.860. The van der Waals surface area contributed by atoms with Crippen LogP contribution in [0.5, 0.6) is 0 Å². The number of nitrogens with zero attached hydrogens (tertiary/aromatic N) is 1. The number of nitrogens with one attached hydrogen (secondary N) is 1. The van der Waals surface area contributed by atoms with Crippen molar-refractivity contribution in [3.63, 3.8) is 0 Å². The number of anilines is 1. The predicted octanol–water partition coefficient (Wildman–Crippen LogP) is 2.56. The molecular formula is C16H28IN3O2. The van der Waals surface area contributed by atoms with Crippen molar-refractivity contribution in [3.8, 4) is 0 Å². The zero-order valence-electron chi connectivity index (χ0n) is 13.5. The van der Waals surface area contributed by atoms with Gasteiger partial charge < -0.3 is 20.9 Å². The summed E-state index contributed by atoms with van der Waals surface area (Å²) in [5.41, 5.74) is 9.53. The minimum atomic E-state index is 0. The molecule has 5 nitrogen and oxygen atoms in total. The number of aliphatic hydroxyl groups excluding tert-OH is 1. The van der Waals surface area contributed by atoms with Gasteiger partial charge in [0, 0.05) is 18.8 Å². The Kier molecular flexibility index (Phi) is 12.2. The van der Waals surface area contributed by atoms with Crippen LogP contribution in [0.3, 0.4) is 0 Å². The lowest BCUT2D eigenvalue weighted by Crippen LogP contribution is -2.24. The summed E-state index contributed by atoms with van der Waals surface area (Å²) in [7, 11) is 0. The molecule has 4 N–H and O–H groups in total. The summed E-state index contributed by atoms with van der Waals surface area (Å²) in [6.07, 6.45) is 2.70. The number of rotatable bonds is 9. The van der Waals surface area contributed by atoms with Crippen molar-refractivity contribution < 1.29 is 9.84 Å². The number of aliphatic hydroxyl groups is 1. The fraction of sp³-hybridized carbons (Fsp3) is 0.562. The maximum atomic E-state index is 8.59. The van der Waals surface area contributed by atoms with E-state index in [4.69, 9.17) is 15.6 Å².